The van der Waals surface area contributed by atoms with E-state index in [4.69, 9.17) is 4.74 Å². The minimum Gasteiger partial charge on any atom is -0.456 e. The summed E-state index contributed by atoms with van der Waals surface area (Å²) in [6, 6.07) is 7.25. The number of aliphatic hydroxyl groups is 1. The molecule has 1 heterocycles. The third kappa shape index (κ3) is 17.6. The molecular formula is C46H69N5O8. The van der Waals surface area contributed by atoms with Gasteiger partial charge >= 0.3 is 5.97 Å². The van der Waals surface area contributed by atoms with Crippen molar-refractivity contribution in [1.29, 1.82) is 0 Å². The normalized spacial score (nSPS) is 18.0. The number of likely N-dealkylation sites (N-methyl/N-ethyl adjacent to an activating group) is 2. The molecule has 1 saturated heterocycles. The van der Waals surface area contributed by atoms with Crippen LogP contribution in [0.1, 0.15) is 92.6 Å². The Hall–Kier alpha value is -4.72. The zero-order chi connectivity index (χ0) is 43.9. The minimum atomic E-state index is -0.881. The predicted molar refractivity (Wildman–Crippen MR) is 230 cm³/mol. The molecule has 13 heteroatoms. The van der Waals surface area contributed by atoms with Gasteiger partial charge in [0.25, 0.3) is 5.91 Å². The lowest BCUT2D eigenvalue weighted by Gasteiger charge is -2.36. The van der Waals surface area contributed by atoms with Gasteiger partial charge in [0.2, 0.25) is 11.8 Å². The van der Waals surface area contributed by atoms with Crippen molar-refractivity contribution in [2.45, 2.75) is 124 Å². The first kappa shape index (κ1) is 50.4. The van der Waals surface area contributed by atoms with Gasteiger partial charge in [-0.1, -0.05) is 87.6 Å². The van der Waals surface area contributed by atoms with Crippen LogP contribution in [0.15, 0.2) is 78.4 Å². The summed E-state index contributed by atoms with van der Waals surface area (Å²) in [6.07, 6.45) is 14.0. The van der Waals surface area contributed by atoms with Gasteiger partial charge in [0.1, 0.15) is 30.3 Å². The van der Waals surface area contributed by atoms with Crippen LogP contribution < -0.4 is 16.1 Å². The number of carbonyl (C=O) groups excluding carboxylic acids is 6. The molecule has 1 aromatic rings. The molecule has 1 aliphatic rings. The number of ketones is 1. The number of carbonyl (C=O) groups is 6. The molecule has 4 N–H and O–H groups in total. The number of esters is 1. The lowest BCUT2D eigenvalue weighted by molar-refractivity contribution is -0.156. The number of rotatable bonds is 25. The summed E-state index contributed by atoms with van der Waals surface area (Å²) in [4.78, 5) is 78.4. The number of Topliss-reactive ketones (excluding diaryl/α,β-unsaturated/α-hetero) is 1. The maximum atomic E-state index is 14.1. The van der Waals surface area contributed by atoms with E-state index in [9.17, 15) is 33.9 Å². The van der Waals surface area contributed by atoms with Crippen LogP contribution in [-0.4, -0.2) is 108 Å². The van der Waals surface area contributed by atoms with Gasteiger partial charge < -0.3 is 35.0 Å². The first-order valence-electron chi connectivity index (χ1n) is 21.0. The highest BCUT2D eigenvalue weighted by molar-refractivity contribution is 5.90. The molecule has 59 heavy (non-hydrogen) atoms. The first-order chi connectivity index (χ1) is 28.2. The average Bonchev–Trinajstić information content (AvgIpc) is 3.21. The van der Waals surface area contributed by atoms with Gasteiger partial charge in [0, 0.05) is 50.9 Å². The van der Waals surface area contributed by atoms with E-state index < -0.39 is 42.2 Å². The molecule has 0 aromatic heterocycles. The molecule has 13 nitrogen and oxygen atoms in total. The Morgan fingerprint density at radius 1 is 1.00 bits per heavy atom. The van der Waals surface area contributed by atoms with Gasteiger partial charge in [-0.25, -0.2) is 5.43 Å². The number of nitrogens with one attached hydrogen (secondary N) is 3. The number of ether oxygens (including phenoxy) is 1. The van der Waals surface area contributed by atoms with E-state index in [1.807, 2.05) is 96.2 Å². The number of benzene rings is 1. The number of aldehydes is 1. The summed E-state index contributed by atoms with van der Waals surface area (Å²) < 4.78 is 6.09. The average molecular weight is 820 g/mol. The summed E-state index contributed by atoms with van der Waals surface area (Å²) in [6.45, 7) is 14.3. The molecule has 0 aliphatic carbocycles. The zero-order valence-electron chi connectivity index (χ0n) is 36.4. The fourth-order valence-corrected chi connectivity index (χ4v) is 6.86. The Bertz CT molecular complexity index is 1620. The summed E-state index contributed by atoms with van der Waals surface area (Å²) in [5.41, 5.74) is 4.67. The summed E-state index contributed by atoms with van der Waals surface area (Å²) in [7, 11) is 1.71. The highest BCUT2D eigenvalue weighted by atomic mass is 16.5. The third-order valence-corrected chi connectivity index (χ3v) is 10.6. The van der Waals surface area contributed by atoms with Gasteiger partial charge in [-0.15, -0.1) is 0 Å². The molecule has 0 bridgehead atoms. The van der Waals surface area contributed by atoms with Crippen LogP contribution >= 0.6 is 0 Å². The lowest BCUT2D eigenvalue weighted by atomic mass is 9.87. The van der Waals surface area contributed by atoms with E-state index in [1.165, 1.54) is 18.0 Å². The summed E-state index contributed by atoms with van der Waals surface area (Å²) >= 11 is 0. The van der Waals surface area contributed by atoms with E-state index in [1.54, 1.807) is 24.1 Å². The molecule has 1 fully saturated rings. The Labute approximate surface area is 351 Å². The van der Waals surface area contributed by atoms with E-state index in [2.05, 4.69) is 16.1 Å². The monoisotopic (exact) mass is 820 g/mol. The van der Waals surface area contributed by atoms with Crippen molar-refractivity contribution >= 4 is 35.8 Å². The standard InChI is InChI=1S/C46H69N5O8/c1-9-50(10-2)41(54)26-18-21-33(5)40(25-17-12-11-14-20-34(6)43(55)37(31-52)28-27-35(7)53)59-46(58)38-24-19-29-51(49-38)45(57)39(30-36-22-15-13-16-23-36)48-44(56)42(47-8)32(3)4/h11-18,21-23,26,31-32,34,37-40,42-43,47,49,55H,9-10,19-20,24-25,27-30H2,1-8H3,(H,48,56)/b14-11+,17-12+,26-18+,33-21+/t34?,37?,38?,39?,40-,42?,43?/m0/s1. The molecule has 7 atom stereocenters. The summed E-state index contributed by atoms with van der Waals surface area (Å²) in [5.74, 6) is -2.17. The second-order valence-corrected chi connectivity index (χ2v) is 15.6. The highest BCUT2D eigenvalue weighted by Gasteiger charge is 2.35. The number of hydrogen-bond donors (Lipinski definition) is 4. The maximum Gasteiger partial charge on any atom is 0.325 e. The molecule has 0 spiro atoms. The van der Waals surface area contributed by atoms with Gasteiger partial charge in [0.15, 0.2) is 0 Å². The van der Waals surface area contributed by atoms with Crippen molar-refractivity contribution in [3.8, 4) is 0 Å². The van der Waals surface area contributed by atoms with Crippen LogP contribution in [0.4, 0.5) is 0 Å². The van der Waals surface area contributed by atoms with Crippen molar-refractivity contribution in [1.82, 2.24) is 26.0 Å². The van der Waals surface area contributed by atoms with Crippen molar-refractivity contribution in [3.63, 3.8) is 0 Å². The number of allylic oxidation sites excluding steroid dienone is 5. The quantitative estimate of drug-likeness (QED) is 0.0464. The van der Waals surface area contributed by atoms with E-state index in [0.29, 0.717) is 63.6 Å². The van der Waals surface area contributed by atoms with Crippen molar-refractivity contribution in [3.05, 3.63) is 84.0 Å². The van der Waals surface area contributed by atoms with Crippen LogP contribution in [0.25, 0.3) is 0 Å². The SMILES string of the molecule is CCN(CC)C(=O)/C=C/C=C(\C)[C@H](C/C=C/C=C/CC(C)C(O)C(C=O)CCC(C)=O)OC(=O)C1CCCN(C(=O)C(Cc2ccccc2)NC(=O)C(NC)C(C)C)N1. The lowest BCUT2D eigenvalue weighted by Crippen LogP contribution is -2.61. The van der Waals surface area contributed by atoms with Crippen LogP contribution in [-0.2, 0) is 39.9 Å². The molecule has 0 radical (unpaired) electrons. The van der Waals surface area contributed by atoms with Gasteiger partial charge in [-0.05, 0) is 83.4 Å². The number of aliphatic hydroxyl groups excluding tert-OH is 1. The fourth-order valence-electron chi connectivity index (χ4n) is 6.86. The van der Waals surface area contributed by atoms with Crippen molar-refractivity contribution in [2.75, 3.05) is 26.7 Å². The second kappa shape index (κ2) is 27.1. The molecule has 6 unspecified atom stereocenters. The zero-order valence-corrected chi connectivity index (χ0v) is 36.4. The van der Waals surface area contributed by atoms with Gasteiger partial charge in [-0.2, -0.15) is 0 Å². The molecular weight excluding hydrogens is 751 g/mol. The first-order valence-corrected chi connectivity index (χ1v) is 21.0. The highest BCUT2D eigenvalue weighted by Crippen LogP contribution is 2.21. The van der Waals surface area contributed by atoms with E-state index in [0.717, 1.165) is 5.56 Å². The molecule has 2 rings (SSSR count). The number of amides is 3. The Morgan fingerprint density at radius 2 is 1.66 bits per heavy atom. The molecule has 326 valence electrons. The maximum absolute atomic E-state index is 14.1. The Kier molecular flexibility index (Phi) is 23.2. The Morgan fingerprint density at radius 3 is 2.25 bits per heavy atom. The van der Waals surface area contributed by atoms with Crippen molar-refractivity contribution in [2.24, 2.45) is 17.8 Å². The second-order valence-electron chi connectivity index (χ2n) is 15.6. The molecule has 0 saturated carbocycles. The van der Waals surface area contributed by atoms with Gasteiger partial charge in [0.05, 0.1) is 12.1 Å². The number of nitrogens with zero attached hydrogens (tertiary/aromatic N) is 2. The number of hydrogen-bond acceptors (Lipinski definition) is 10. The molecule has 1 aliphatic heterocycles. The Balaban J connectivity index is 2.23. The topological polar surface area (TPSA) is 174 Å². The fraction of sp³-hybridized carbons (Fsp3) is 0.565. The third-order valence-electron chi connectivity index (χ3n) is 10.6. The van der Waals surface area contributed by atoms with Crippen molar-refractivity contribution < 1.29 is 38.6 Å². The van der Waals surface area contributed by atoms with Gasteiger partial charge in [-0.3, -0.25) is 24.2 Å². The largest absolute Gasteiger partial charge is 0.456 e. The molecule has 1 aromatic carbocycles. The predicted octanol–water partition coefficient (Wildman–Crippen LogP) is 4.81. The van der Waals surface area contributed by atoms with Crippen LogP contribution in [0.2, 0.25) is 0 Å². The summed E-state index contributed by atoms with van der Waals surface area (Å²) in [5, 5.41) is 18.1. The van der Waals surface area contributed by atoms with Crippen LogP contribution in [0, 0.1) is 17.8 Å². The van der Waals surface area contributed by atoms with Crippen LogP contribution in [0.3, 0.4) is 0 Å². The smallest absolute Gasteiger partial charge is 0.325 e. The van der Waals surface area contributed by atoms with Crippen LogP contribution in [0.5, 0.6) is 0 Å². The molecule has 3 amide bonds. The minimum absolute atomic E-state index is 0.00974. The van der Waals surface area contributed by atoms with E-state index in [-0.39, 0.29) is 48.2 Å². The number of hydrazine groups is 1. The van der Waals surface area contributed by atoms with E-state index >= 15 is 0 Å².